The van der Waals surface area contributed by atoms with Crippen LogP contribution >= 0.6 is 24.4 Å². The molecule has 4 atom stereocenters. The molecule has 0 aliphatic carbocycles. The summed E-state index contributed by atoms with van der Waals surface area (Å²) < 4.78 is 7.10. The summed E-state index contributed by atoms with van der Waals surface area (Å²) in [5.74, 6) is 0. The van der Waals surface area contributed by atoms with Gasteiger partial charge in [-0.1, -0.05) is 24.4 Å². The van der Waals surface area contributed by atoms with Gasteiger partial charge in [0.15, 0.2) is 6.23 Å². The molecule has 0 bridgehead atoms. The van der Waals surface area contributed by atoms with Crippen LogP contribution in [-0.4, -0.2) is 49.6 Å². The Morgan fingerprint density at radius 1 is 1.65 bits per heavy atom. The van der Waals surface area contributed by atoms with Crippen molar-refractivity contribution < 1.29 is 14.9 Å². The van der Waals surface area contributed by atoms with Crippen molar-refractivity contribution in [1.82, 2.24) is 14.9 Å². The highest BCUT2D eigenvalue weighted by Gasteiger charge is 2.44. The van der Waals surface area contributed by atoms with Crippen LogP contribution in [0.5, 0.6) is 0 Å². The Morgan fingerprint density at radius 3 is 2.90 bits per heavy atom. The lowest BCUT2D eigenvalue weighted by Gasteiger charge is -2.23. The summed E-state index contributed by atoms with van der Waals surface area (Å²) in [5, 5.41) is 22.2. The maximum absolute atomic E-state index is 11.9. The summed E-state index contributed by atoms with van der Waals surface area (Å²) in [4.78, 5) is 14.8. The molecule has 0 amide bonds. The van der Waals surface area contributed by atoms with Crippen molar-refractivity contribution in [2.45, 2.75) is 31.4 Å². The summed E-state index contributed by atoms with van der Waals surface area (Å²) in [6.45, 7) is 1.30. The van der Waals surface area contributed by atoms with Gasteiger partial charge in [-0.05, 0) is 13.0 Å². The van der Waals surface area contributed by atoms with Crippen molar-refractivity contribution in [2.24, 2.45) is 0 Å². The monoisotopic (exact) mass is 317 g/mol. The van der Waals surface area contributed by atoms with Gasteiger partial charge in [-0.15, -0.1) is 0 Å². The van der Waals surface area contributed by atoms with Crippen LogP contribution in [0, 0.1) is 4.64 Å². The second kappa shape index (κ2) is 6.10. The zero-order valence-corrected chi connectivity index (χ0v) is 12.3. The topological polar surface area (TPSA) is 99.5 Å². The molecule has 1 unspecified atom stereocenters. The number of aliphatic hydroxyl groups is 2. The summed E-state index contributed by atoms with van der Waals surface area (Å²) >= 11 is 9.83. The Morgan fingerprint density at radius 2 is 2.35 bits per heavy atom. The lowest BCUT2D eigenvalue weighted by Crippen LogP contribution is -2.47. The molecule has 4 N–H and O–H groups in total. The molecule has 1 aromatic heterocycles. The predicted molar refractivity (Wildman–Crippen MR) is 78.1 cm³/mol. The number of aliphatic hydroxyl groups excluding tert-OH is 2. The van der Waals surface area contributed by atoms with E-state index in [4.69, 9.17) is 29.2 Å². The van der Waals surface area contributed by atoms with Crippen molar-refractivity contribution in [2.75, 3.05) is 6.61 Å². The fraction of sp³-hybridized carbons (Fsp3) is 0.545. The van der Waals surface area contributed by atoms with Gasteiger partial charge in [0.1, 0.15) is 22.9 Å². The minimum absolute atomic E-state index is 0.305. The van der Waals surface area contributed by atoms with Gasteiger partial charge in [-0.2, -0.15) is 0 Å². The normalized spacial score (nSPS) is 29.4. The van der Waals surface area contributed by atoms with Crippen molar-refractivity contribution in [3.05, 3.63) is 27.4 Å². The number of thiocarbonyl (C=S) groups is 1. The van der Waals surface area contributed by atoms with E-state index >= 15 is 0 Å². The van der Waals surface area contributed by atoms with E-state index in [-0.39, 0.29) is 6.61 Å². The first-order valence-electron chi connectivity index (χ1n) is 5.97. The largest absolute Gasteiger partial charge is 0.394 e. The van der Waals surface area contributed by atoms with Crippen LogP contribution < -0.4 is 11.0 Å². The number of aromatic nitrogens is 2. The first-order chi connectivity index (χ1) is 9.43. The molecule has 2 rings (SSSR count). The molecule has 20 heavy (non-hydrogen) atoms. The second-order valence-corrected chi connectivity index (χ2v) is 5.53. The quantitative estimate of drug-likeness (QED) is 0.556. The van der Waals surface area contributed by atoms with Crippen LogP contribution in [0.25, 0.3) is 0 Å². The highest BCUT2D eigenvalue weighted by atomic mass is 32.1. The van der Waals surface area contributed by atoms with E-state index < -0.39 is 30.2 Å². The third kappa shape index (κ3) is 2.96. The molecule has 1 saturated heterocycles. The molecule has 0 saturated carbocycles. The van der Waals surface area contributed by atoms with Crippen LogP contribution in [0.2, 0.25) is 0 Å². The highest BCUT2D eigenvalue weighted by molar-refractivity contribution is 7.80. The maximum Gasteiger partial charge on any atom is 0.328 e. The van der Waals surface area contributed by atoms with Gasteiger partial charge in [-0.3, -0.25) is 9.55 Å². The van der Waals surface area contributed by atoms with Crippen molar-refractivity contribution in [1.29, 1.82) is 0 Å². The number of hydrogen-bond acceptors (Lipinski definition) is 6. The van der Waals surface area contributed by atoms with Gasteiger partial charge >= 0.3 is 5.69 Å². The molecule has 1 aliphatic rings. The molecule has 2 heterocycles. The standard InChI is InChI=1S/C11H15N3O4S2/c1-5(19)12-8-9(16)6(4-15)18-10(8)14-3-2-7(20)13-11(14)17/h2-3,6,8-10,15-16H,4H2,1H3,(H,12,19)(H,13,17,20)/t6-,8?,9+,10-/m1/s1. The van der Waals surface area contributed by atoms with E-state index in [9.17, 15) is 15.0 Å². The number of ether oxygens (including phenoxy) is 1. The molecule has 1 aliphatic heterocycles. The molecule has 110 valence electrons. The van der Waals surface area contributed by atoms with E-state index in [1.807, 2.05) is 0 Å². The Labute approximate surface area is 125 Å². The van der Waals surface area contributed by atoms with E-state index in [2.05, 4.69) is 10.3 Å². The third-order valence-electron chi connectivity index (χ3n) is 3.05. The zero-order valence-electron chi connectivity index (χ0n) is 10.6. The lowest BCUT2D eigenvalue weighted by molar-refractivity contribution is -0.0467. The van der Waals surface area contributed by atoms with Crippen LogP contribution in [0.3, 0.4) is 0 Å². The Bertz CT molecular complexity index is 614. The summed E-state index contributed by atoms with van der Waals surface area (Å²) in [5.41, 5.74) is -0.456. The number of hydrogen-bond donors (Lipinski definition) is 4. The number of nitrogens with zero attached hydrogens (tertiary/aromatic N) is 1. The molecule has 9 heteroatoms. The average molecular weight is 317 g/mol. The zero-order chi connectivity index (χ0) is 14.9. The first kappa shape index (κ1) is 15.3. The summed E-state index contributed by atoms with van der Waals surface area (Å²) in [6, 6.07) is 0.909. The number of nitrogens with one attached hydrogen (secondary N) is 2. The summed E-state index contributed by atoms with van der Waals surface area (Å²) in [7, 11) is 0. The lowest BCUT2D eigenvalue weighted by atomic mass is 10.1. The van der Waals surface area contributed by atoms with Crippen molar-refractivity contribution >= 4 is 29.4 Å². The van der Waals surface area contributed by atoms with E-state index in [1.54, 1.807) is 13.0 Å². The maximum atomic E-state index is 11.9. The van der Waals surface area contributed by atoms with E-state index in [0.29, 0.717) is 9.63 Å². The van der Waals surface area contributed by atoms with Crippen LogP contribution in [-0.2, 0) is 4.74 Å². The molecule has 1 aromatic rings. The fourth-order valence-corrected chi connectivity index (χ4v) is 2.44. The minimum atomic E-state index is -0.988. The van der Waals surface area contributed by atoms with Gasteiger partial charge in [0.25, 0.3) is 0 Å². The predicted octanol–water partition coefficient (Wildman–Crippen LogP) is -0.538. The number of aromatic amines is 1. The molecule has 7 nitrogen and oxygen atoms in total. The number of H-pyrrole nitrogens is 1. The van der Waals surface area contributed by atoms with Crippen LogP contribution in [0.1, 0.15) is 13.2 Å². The highest BCUT2D eigenvalue weighted by Crippen LogP contribution is 2.28. The van der Waals surface area contributed by atoms with Gasteiger partial charge in [0.2, 0.25) is 0 Å². The third-order valence-corrected chi connectivity index (χ3v) is 3.40. The molecule has 0 spiro atoms. The summed E-state index contributed by atoms with van der Waals surface area (Å²) in [6.07, 6.45) is -1.09. The molecular weight excluding hydrogens is 302 g/mol. The SMILES string of the molecule is CC(=S)NC1[C@@H](O)[C@@H](CO)O[C@H]1n1ccc(=S)[nH]c1=O. The Kier molecular flexibility index (Phi) is 4.66. The Hall–Kier alpha value is -1.13. The van der Waals surface area contributed by atoms with Crippen LogP contribution in [0.15, 0.2) is 17.1 Å². The van der Waals surface area contributed by atoms with Crippen molar-refractivity contribution in [3.8, 4) is 0 Å². The van der Waals surface area contributed by atoms with E-state index in [1.165, 1.54) is 10.8 Å². The van der Waals surface area contributed by atoms with E-state index in [0.717, 1.165) is 0 Å². The molecule has 1 fully saturated rings. The molecule has 0 aromatic carbocycles. The minimum Gasteiger partial charge on any atom is -0.394 e. The van der Waals surface area contributed by atoms with Gasteiger partial charge in [-0.25, -0.2) is 4.79 Å². The Balaban J connectivity index is 2.39. The first-order valence-corrected chi connectivity index (χ1v) is 6.78. The van der Waals surface area contributed by atoms with Crippen molar-refractivity contribution in [3.63, 3.8) is 0 Å². The average Bonchev–Trinajstić information content (AvgIpc) is 2.66. The van der Waals surface area contributed by atoms with Crippen LogP contribution in [0.4, 0.5) is 0 Å². The smallest absolute Gasteiger partial charge is 0.328 e. The fourth-order valence-electron chi connectivity index (χ4n) is 2.15. The molecular formula is C11H15N3O4S2. The number of rotatable bonds is 3. The van der Waals surface area contributed by atoms with Gasteiger partial charge < -0.3 is 20.3 Å². The van der Waals surface area contributed by atoms with Gasteiger partial charge in [0.05, 0.1) is 11.6 Å². The second-order valence-electron chi connectivity index (χ2n) is 4.48. The molecule has 0 radical (unpaired) electrons. The van der Waals surface area contributed by atoms with Gasteiger partial charge in [0, 0.05) is 6.20 Å².